The highest BCUT2D eigenvalue weighted by molar-refractivity contribution is 4.58. The van der Waals surface area contributed by atoms with Crippen LogP contribution in [0.4, 0.5) is 0 Å². The molecule has 0 amide bonds. The first-order valence-corrected chi connectivity index (χ1v) is 3.54. The van der Waals surface area contributed by atoms with E-state index in [2.05, 4.69) is 16.6 Å². The van der Waals surface area contributed by atoms with E-state index < -0.39 is 0 Å². The second-order valence-corrected chi connectivity index (χ2v) is 2.26. The summed E-state index contributed by atoms with van der Waals surface area (Å²) in [5.74, 6) is 0. The van der Waals surface area contributed by atoms with Crippen molar-refractivity contribution in [2.75, 3.05) is 13.1 Å². The summed E-state index contributed by atoms with van der Waals surface area (Å²) in [4.78, 5) is 4.34. The van der Waals surface area contributed by atoms with E-state index in [9.17, 15) is 5.21 Å². The van der Waals surface area contributed by atoms with Gasteiger partial charge in [-0.15, -0.1) is 0 Å². The first kappa shape index (κ1) is 7.84. The lowest BCUT2D eigenvalue weighted by Gasteiger charge is -2.04. The van der Waals surface area contributed by atoms with Crippen LogP contribution in [0.2, 0.25) is 0 Å². The van der Waals surface area contributed by atoms with Crippen LogP contribution in [0.3, 0.4) is 0 Å². The van der Waals surface area contributed by atoms with Gasteiger partial charge < -0.3 is 10.0 Å². The molecule has 1 rings (SSSR count). The van der Waals surface area contributed by atoms with E-state index in [0.29, 0.717) is 0 Å². The standard InChI is InChI=1S/C6H11N3O2/c1-2-11-9(10)7-8-5-3-4-6-8/h2H,1,3-6H2/b9-7-. The second-order valence-electron chi connectivity index (χ2n) is 2.26. The Bertz CT molecular complexity index is 163. The van der Waals surface area contributed by atoms with Gasteiger partial charge in [0, 0.05) is 6.26 Å². The molecule has 1 aliphatic rings. The van der Waals surface area contributed by atoms with E-state index >= 15 is 0 Å². The third kappa shape index (κ3) is 2.45. The summed E-state index contributed by atoms with van der Waals surface area (Å²) < 4.78 is 0. The van der Waals surface area contributed by atoms with Crippen LogP contribution in [-0.2, 0) is 4.84 Å². The van der Waals surface area contributed by atoms with Gasteiger partial charge in [0.1, 0.15) is 18.3 Å². The van der Waals surface area contributed by atoms with Crippen molar-refractivity contribution >= 4 is 0 Å². The van der Waals surface area contributed by atoms with E-state index in [0.717, 1.165) is 32.2 Å². The summed E-state index contributed by atoms with van der Waals surface area (Å²) >= 11 is 0. The molecule has 1 aliphatic heterocycles. The zero-order valence-electron chi connectivity index (χ0n) is 6.27. The lowest BCUT2D eigenvalue weighted by molar-refractivity contribution is -0.780. The third-order valence-corrected chi connectivity index (χ3v) is 1.45. The molecule has 0 bridgehead atoms. The molecule has 5 heteroatoms. The molecule has 1 heterocycles. The fourth-order valence-corrected chi connectivity index (χ4v) is 0.978. The van der Waals surface area contributed by atoms with Crippen LogP contribution in [-0.4, -0.2) is 23.1 Å². The minimum atomic E-state index is 0.165. The maximum atomic E-state index is 10.6. The van der Waals surface area contributed by atoms with Crippen molar-refractivity contribution in [1.29, 1.82) is 0 Å². The zero-order valence-corrected chi connectivity index (χ0v) is 6.27. The summed E-state index contributed by atoms with van der Waals surface area (Å²) in [6, 6.07) is 0. The van der Waals surface area contributed by atoms with Crippen molar-refractivity contribution in [2.45, 2.75) is 12.8 Å². The Morgan fingerprint density at radius 2 is 2.18 bits per heavy atom. The van der Waals surface area contributed by atoms with Gasteiger partial charge in [0.2, 0.25) is 0 Å². The Labute approximate surface area is 65.1 Å². The molecular formula is C6H11N3O2. The SMILES string of the molecule is C=CO/[N+]([O-])=N\N1CCCC1. The first-order valence-electron chi connectivity index (χ1n) is 3.54. The maximum absolute atomic E-state index is 10.6. The Morgan fingerprint density at radius 1 is 1.55 bits per heavy atom. The van der Waals surface area contributed by atoms with Crippen LogP contribution in [0, 0.1) is 5.21 Å². The fraction of sp³-hybridized carbons (Fsp3) is 0.667. The van der Waals surface area contributed by atoms with Gasteiger partial charge in [-0.3, -0.25) is 0 Å². The van der Waals surface area contributed by atoms with E-state index in [4.69, 9.17) is 0 Å². The minimum Gasteiger partial charge on any atom is -0.431 e. The summed E-state index contributed by atoms with van der Waals surface area (Å²) in [5.41, 5.74) is 0. The fourth-order valence-electron chi connectivity index (χ4n) is 0.978. The van der Waals surface area contributed by atoms with Gasteiger partial charge >= 0.3 is 0 Å². The maximum Gasteiger partial charge on any atom is 0.130 e. The molecule has 62 valence electrons. The van der Waals surface area contributed by atoms with E-state index in [1.807, 2.05) is 0 Å². The lowest BCUT2D eigenvalue weighted by atomic mass is 10.4. The molecule has 0 N–H and O–H groups in total. The molecule has 0 aromatic rings. The highest BCUT2D eigenvalue weighted by atomic mass is 16.9. The van der Waals surface area contributed by atoms with Gasteiger partial charge in [-0.2, -0.15) is 5.01 Å². The van der Waals surface area contributed by atoms with Crippen LogP contribution in [0.15, 0.2) is 18.1 Å². The molecule has 0 unspecified atom stereocenters. The number of hydrogen-bond donors (Lipinski definition) is 0. The molecule has 0 saturated carbocycles. The molecule has 0 aromatic carbocycles. The molecule has 5 nitrogen and oxygen atoms in total. The zero-order chi connectivity index (χ0) is 8.10. The quantitative estimate of drug-likeness (QED) is 0.349. The van der Waals surface area contributed by atoms with Crippen LogP contribution in [0.1, 0.15) is 12.8 Å². The summed E-state index contributed by atoms with van der Waals surface area (Å²) in [7, 11) is 0. The second kappa shape index (κ2) is 3.80. The van der Waals surface area contributed by atoms with Gasteiger partial charge in [-0.1, -0.05) is 6.58 Å². The van der Waals surface area contributed by atoms with E-state index in [1.54, 1.807) is 5.01 Å². The van der Waals surface area contributed by atoms with E-state index in [1.165, 1.54) is 0 Å². The molecule has 0 aliphatic carbocycles. The summed E-state index contributed by atoms with van der Waals surface area (Å²) in [5, 5.41) is 16.0. The van der Waals surface area contributed by atoms with Crippen LogP contribution >= 0.6 is 0 Å². The van der Waals surface area contributed by atoms with Crippen molar-refractivity contribution in [1.82, 2.24) is 5.01 Å². The third-order valence-electron chi connectivity index (χ3n) is 1.45. The van der Waals surface area contributed by atoms with Gasteiger partial charge in [0.25, 0.3) is 0 Å². The number of rotatable bonds is 3. The summed E-state index contributed by atoms with van der Waals surface area (Å²) in [6.45, 7) is 4.90. The van der Waals surface area contributed by atoms with Crippen molar-refractivity contribution in [3.8, 4) is 0 Å². The highest BCUT2D eigenvalue weighted by Crippen LogP contribution is 2.07. The predicted octanol–water partition coefficient (Wildman–Crippen LogP) is 1.03. The van der Waals surface area contributed by atoms with E-state index in [-0.39, 0.29) is 5.02 Å². The van der Waals surface area contributed by atoms with Gasteiger partial charge in [0.05, 0.1) is 5.02 Å². The van der Waals surface area contributed by atoms with Crippen LogP contribution in [0.25, 0.3) is 0 Å². The molecule has 0 aromatic heterocycles. The minimum absolute atomic E-state index is 0.165. The largest absolute Gasteiger partial charge is 0.431 e. The molecule has 0 radical (unpaired) electrons. The molecule has 1 saturated heterocycles. The number of nitrogens with zero attached hydrogens (tertiary/aromatic N) is 3. The Kier molecular flexibility index (Phi) is 2.71. The average molecular weight is 157 g/mol. The van der Waals surface area contributed by atoms with Gasteiger partial charge in [-0.25, -0.2) is 0 Å². The first-order chi connectivity index (χ1) is 5.33. The van der Waals surface area contributed by atoms with Crippen molar-refractivity contribution in [2.24, 2.45) is 5.22 Å². The monoisotopic (exact) mass is 157 g/mol. The topological polar surface area (TPSA) is 50.9 Å². The molecule has 1 fully saturated rings. The smallest absolute Gasteiger partial charge is 0.130 e. The lowest BCUT2D eigenvalue weighted by Crippen LogP contribution is -2.15. The van der Waals surface area contributed by atoms with Crippen molar-refractivity contribution in [3.05, 3.63) is 18.0 Å². The van der Waals surface area contributed by atoms with Crippen LogP contribution < -0.4 is 0 Å². The Morgan fingerprint density at radius 3 is 2.73 bits per heavy atom. The van der Waals surface area contributed by atoms with Crippen molar-refractivity contribution < 1.29 is 9.86 Å². The molecular weight excluding hydrogens is 146 g/mol. The van der Waals surface area contributed by atoms with Crippen LogP contribution in [0.5, 0.6) is 0 Å². The van der Waals surface area contributed by atoms with Gasteiger partial charge in [0.15, 0.2) is 0 Å². The Hall–Kier alpha value is -1.26. The predicted molar refractivity (Wildman–Crippen MR) is 38.1 cm³/mol. The molecule has 11 heavy (non-hydrogen) atoms. The normalized spacial score (nSPS) is 18.5. The summed E-state index contributed by atoms with van der Waals surface area (Å²) in [6.07, 6.45) is 3.23. The average Bonchev–Trinajstić information content (AvgIpc) is 2.40. The number of hydrogen-bond acceptors (Lipinski definition) is 3. The molecule has 0 atom stereocenters. The Balaban J connectivity index is 2.35. The highest BCUT2D eigenvalue weighted by Gasteiger charge is 2.16. The molecule has 0 spiro atoms. The van der Waals surface area contributed by atoms with Gasteiger partial charge in [-0.05, 0) is 12.8 Å². The van der Waals surface area contributed by atoms with Crippen molar-refractivity contribution in [3.63, 3.8) is 0 Å².